The van der Waals surface area contributed by atoms with Crippen LogP contribution < -0.4 is 0 Å². The van der Waals surface area contributed by atoms with Crippen LogP contribution in [0.3, 0.4) is 0 Å². The van der Waals surface area contributed by atoms with E-state index in [2.05, 4.69) is 24.8 Å². The fourth-order valence-corrected chi connectivity index (χ4v) is 4.72. The summed E-state index contributed by atoms with van der Waals surface area (Å²) in [5.41, 5.74) is 1.17. The number of hydrogen-bond donors (Lipinski definition) is 1. The molecule has 122 valence electrons. The quantitative estimate of drug-likeness (QED) is 0.930. The van der Waals surface area contributed by atoms with Gasteiger partial charge in [0.2, 0.25) is 0 Å². The lowest BCUT2D eigenvalue weighted by Gasteiger charge is -2.39. The number of carbonyl (C=O) groups is 1. The molecule has 4 nitrogen and oxygen atoms in total. The van der Waals surface area contributed by atoms with E-state index in [4.69, 9.17) is 0 Å². The first-order valence-electron chi connectivity index (χ1n) is 8.36. The number of aliphatic hydroxyl groups excluding tert-OH is 1. The van der Waals surface area contributed by atoms with Gasteiger partial charge in [0.1, 0.15) is 0 Å². The van der Waals surface area contributed by atoms with E-state index in [1.54, 1.807) is 11.3 Å². The molecule has 5 heteroatoms. The lowest BCUT2D eigenvalue weighted by atomic mass is 10.0. The Bertz CT molecular complexity index is 520. The lowest BCUT2D eigenvalue weighted by Crippen LogP contribution is -2.53. The molecule has 2 heterocycles. The minimum Gasteiger partial charge on any atom is -0.391 e. The Hall–Kier alpha value is -0.910. The average Bonchev–Trinajstić information content (AvgIpc) is 3.15. The summed E-state index contributed by atoms with van der Waals surface area (Å²) in [6.07, 6.45) is 2.97. The molecule has 1 aromatic heterocycles. The van der Waals surface area contributed by atoms with Gasteiger partial charge in [0.05, 0.1) is 11.0 Å². The number of aliphatic hydroxyl groups is 1. The van der Waals surface area contributed by atoms with E-state index < -0.39 is 0 Å². The van der Waals surface area contributed by atoms with Crippen LogP contribution in [0, 0.1) is 0 Å². The van der Waals surface area contributed by atoms with Crippen LogP contribution in [0.1, 0.15) is 54.3 Å². The summed E-state index contributed by atoms with van der Waals surface area (Å²) in [6.45, 7) is 7.59. The van der Waals surface area contributed by atoms with Crippen molar-refractivity contribution >= 4 is 17.2 Å². The smallest absolute Gasteiger partial charge is 0.264 e. The first kappa shape index (κ1) is 16.0. The Morgan fingerprint density at radius 2 is 2.00 bits per heavy atom. The van der Waals surface area contributed by atoms with Crippen molar-refractivity contribution in [3.8, 4) is 0 Å². The van der Waals surface area contributed by atoms with Crippen molar-refractivity contribution in [3.05, 3.63) is 21.9 Å². The first-order chi connectivity index (χ1) is 10.6. The predicted octanol–water partition coefficient (Wildman–Crippen LogP) is 2.54. The van der Waals surface area contributed by atoms with Gasteiger partial charge >= 0.3 is 0 Å². The van der Waals surface area contributed by atoms with Gasteiger partial charge in [0.25, 0.3) is 5.91 Å². The minimum absolute atomic E-state index is 0.174. The Morgan fingerprint density at radius 3 is 2.59 bits per heavy atom. The molecule has 1 aromatic rings. The number of nitrogens with zero attached hydrogens (tertiary/aromatic N) is 2. The topological polar surface area (TPSA) is 43.8 Å². The van der Waals surface area contributed by atoms with E-state index in [-0.39, 0.29) is 12.0 Å². The molecule has 1 aliphatic heterocycles. The molecule has 0 bridgehead atoms. The first-order valence-corrected chi connectivity index (χ1v) is 9.24. The summed E-state index contributed by atoms with van der Waals surface area (Å²) in [5, 5.41) is 12.1. The standard InChI is InChI=1S/C17H26N2O2S/c1-12(2)13-6-11-22-16(13)17(21)19-9-7-18(8-10-19)14-4-3-5-15(14)20/h6,11-12,14-15,20H,3-5,7-10H2,1-2H3/t14-,15-/m1/s1. The molecule has 22 heavy (non-hydrogen) atoms. The Labute approximate surface area is 136 Å². The number of thiophene rings is 1. The molecule has 0 unspecified atom stereocenters. The second-order valence-corrected chi connectivity index (χ2v) is 7.67. The van der Waals surface area contributed by atoms with Crippen molar-refractivity contribution in [2.75, 3.05) is 26.2 Å². The zero-order chi connectivity index (χ0) is 15.7. The van der Waals surface area contributed by atoms with Gasteiger partial charge in [0.15, 0.2) is 0 Å². The van der Waals surface area contributed by atoms with Crippen molar-refractivity contribution in [3.63, 3.8) is 0 Å². The highest BCUT2D eigenvalue weighted by atomic mass is 32.1. The largest absolute Gasteiger partial charge is 0.391 e. The number of hydrogen-bond acceptors (Lipinski definition) is 4. The van der Waals surface area contributed by atoms with Gasteiger partial charge in [-0.3, -0.25) is 9.69 Å². The maximum absolute atomic E-state index is 12.7. The fraction of sp³-hybridized carbons (Fsp3) is 0.706. The van der Waals surface area contributed by atoms with Crippen molar-refractivity contribution < 1.29 is 9.90 Å². The van der Waals surface area contributed by atoms with Gasteiger partial charge in [-0.2, -0.15) is 0 Å². The van der Waals surface area contributed by atoms with Crippen LogP contribution in [0.25, 0.3) is 0 Å². The lowest BCUT2D eigenvalue weighted by molar-refractivity contribution is 0.0317. The van der Waals surface area contributed by atoms with Gasteiger partial charge in [-0.15, -0.1) is 11.3 Å². The van der Waals surface area contributed by atoms with Crippen molar-refractivity contribution in [2.24, 2.45) is 0 Å². The normalized spacial score (nSPS) is 26.8. The van der Waals surface area contributed by atoms with Crippen LogP contribution in [-0.4, -0.2) is 59.1 Å². The van der Waals surface area contributed by atoms with E-state index in [1.165, 1.54) is 5.56 Å². The van der Waals surface area contributed by atoms with E-state index in [9.17, 15) is 9.90 Å². The van der Waals surface area contributed by atoms with Gasteiger partial charge in [-0.05, 0) is 42.2 Å². The van der Waals surface area contributed by atoms with Gasteiger partial charge in [-0.25, -0.2) is 0 Å². The summed E-state index contributed by atoms with van der Waals surface area (Å²) >= 11 is 1.56. The molecule has 2 fully saturated rings. The van der Waals surface area contributed by atoms with Crippen LogP contribution in [0.5, 0.6) is 0 Å². The molecular formula is C17H26N2O2S. The molecule has 0 spiro atoms. The van der Waals surface area contributed by atoms with E-state index >= 15 is 0 Å². The number of rotatable bonds is 3. The highest BCUT2D eigenvalue weighted by Gasteiger charge is 2.34. The molecule has 0 radical (unpaired) electrons. The molecule has 1 saturated heterocycles. The third-order valence-corrected chi connectivity index (χ3v) is 5.94. The average molecular weight is 322 g/mol. The van der Waals surface area contributed by atoms with Crippen LogP contribution >= 0.6 is 11.3 Å². The number of amides is 1. The van der Waals surface area contributed by atoms with E-state index in [0.717, 1.165) is 50.3 Å². The van der Waals surface area contributed by atoms with Gasteiger partial charge in [0, 0.05) is 32.2 Å². The molecular weight excluding hydrogens is 296 g/mol. The molecule has 2 aliphatic rings. The van der Waals surface area contributed by atoms with Crippen molar-refractivity contribution in [2.45, 2.75) is 51.2 Å². The third-order valence-electron chi connectivity index (χ3n) is 5.03. The number of piperazine rings is 1. The minimum atomic E-state index is -0.174. The second kappa shape index (κ2) is 6.69. The van der Waals surface area contributed by atoms with Crippen molar-refractivity contribution in [1.29, 1.82) is 0 Å². The van der Waals surface area contributed by atoms with Crippen LogP contribution in [-0.2, 0) is 0 Å². The molecule has 1 aliphatic carbocycles. The Kier molecular flexibility index (Phi) is 4.85. The van der Waals surface area contributed by atoms with Crippen LogP contribution in [0.15, 0.2) is 11.4 Å². The molecule has 3 rings (SSSR count). The molecule has 2 atom stereocenters. The maximum atomic E-state index is 12.7. The monoisotopic (exact) mass is 322 g/mol. The SMILES string of the molecule is CC(C)c1ccsc1C(=O)N1CCN([C@@H]2CCC[C@H]2O)CC1. The summed E-state index contributed by atoms with van der Waals surface area (Å²) in [5.74, 6) is 0.574. The Morgan fingerprint density at radius 1 is 1.27 bits per heavy atom. The van der Waals surface area contributed by atoms with Crippen molar-refractivity contribution in [1.82, 2.24) is 9.80 Å². The highest BCUT2D eigenvalue weighted by Crippen LogP contribution is 2.28. The van der Waals surface area contributed by atoms with E-state index in [0.29, 0.717) is 12.0 Å². The maximum Gasteiger partial charge on any atom is 0.264 e. The molecule has 1 amide bonds. The molecule has 0 aromatic carbocycles. The van der Waals surface area contributed by atoms with Crippen LogP contribution in [0.2, 0.25) is 0 Å². The van der Waals surface area contributed by atoms with Gasteiger partial charge < -0.3 is 10.0 Å². The Balaban J connectivity index is 1.61. The zero-order valence-corrected chi connectivity index (χ0v) is 14.3. The molecule has 1 N–H and O–H groups in total. The highest BCUT2D eigenvalue weighted by molar-refractivity contribution is 7.12. The summed E-state index contributed by atoms with van der Waals surface area (Å²) < 4.78 is 0. The second-order valence-electron chi connectivity index (χ2n) is 6.75. The zero-order valence-electron chi connectivity index (χ0n) is 13.5. The summed E-state index contributed by atoms with van der Waals surface area (Å²) in [6, 6.07) is 2.39. The summed E-state index contributed by atoms with van der Waals surface area (Å²) in [7, 11) is 0. The third kappa shape index (κ3) is 3.07. The number of carbonyl (C=O) groups excluding carboxylic acids is 1. The summed E-state index contributed by atoms with van der Waals surface area (Å²) in [4.78, 5) is 18.0. The molecule has 1 saturated carbocycles. The van der Waals surface area contributed by atoms with E-state index in [1.807, 2.05) is 10.3 Å². The predicted molar refractivity (Wildman–Crippen MR) is 89.5 cm³/mol. The van der Waals surface area contributed by atoms with Gasteiger partial charge in [-0.1, -0.05) is 13.8 Å². The van der Waals surface area contributed by atoms with Crippen LogP contribution in [0.4, 0.5) is 0 Å². The fourth-order valence-electron chi connectivity index (χ4n) is 3.69.